The molecule has 1 heterocycles. The van der Waals surface area contributed by atoms with E-state index < -0.39 is 34.7 Å². The van der Waals surface area contributed by atoms with E-state index in [1.807, 2.05) is 20.8 Å². The molecule has 0 aliphatic heterocycles. The van der Waals surface area contributed by atoms with Gasteiger partial charge in [0.2, 0.25) is 5.91 Å². The maximum Gasteiger partial charge on any atom is 0.419 e. The van der Waals surface area contributed by atoms with Crippen LogP contribution in [0.1, 0.15) is 33.6 Å². The van der Waals surface area contributed by atoms with Gasteiger partial charge in [0.25, 0.3) is 11.6 Å². The zero-order valence-electron chi connectivity index (χ0n) is 18.4. The molecule has 0 aliphatic carbocycles. The van der Waals surface area contributed by atoms with Crippen LogP contribution >= 0.6 is 0 Å². The molecule has 0 spiro atoms. The van der Waals surface area contributed by atoms with E-state index >= 15 is 0 Å². The molecule has 0 radical (unpaired) electrons. The Balaban J connectivity index is 1.81. The molecule has 0 atom stereocenters. The first-order chi connectivity index (χ1) is 14.9. The van der Waals surface area contributed by atoms with Gasteiger partial charge in [-0.25, -0.2) is 4.79 Å². The monoisotopic (exact) mass is 450 g/mol. The lowest BCUT2D eigenvalue weighted by atomic mass is 10.1. The van der Waals surface area contributed by atoms with Gasteiger partial charge >= 0.3 is 11.7 Å². The number of nitrogens with zero attached hydrogens (tertiary/aromatic N) is 3. The maximum absolute atomic E-state index is 12.0. The third-order valence-corrected chi connectivity index (χ3v) is 4.30. The first-order valence-electron chi connectivity index (χ1n) is 9.86. The number of carbonyl (C=O) groups is 3. The van der Waals surface area contributed by atoms with Crippen LogP contribution in [-0.2, 0) is 25.7 Å². The fourth-order valence-electron chi connectivity index (χ4n) is 2.85. The number of oxazole rings is 1. The Hall–Kier alpha value is -3.70. The second-order valence-electron chi connectivity index (χ2n) is 8.24. The van der Waals surface area contributed by atoms with Gasteiger partial charge in [0.1, 0.15) is 0 Å². The van der Waals surface area contributed by atoms with Gasteiger partial charge in [-0.15, -0.1) is 0 Å². The Kier molecular flexibility index (Phi) is 7.73. The van der Waals surface area contributed by atoms with Crippen molar-refractivity contribution in [3.63, 3.8) is 0 Å². The van der Waals surface area contributed by atoms with Gasteiger partial charge in [-0.05, 0) is 33.3 Å². The number of hydrogen-bond acceptors (Lipinski definition) is 8. The number of carbonyl (C=O) groups excluding carboxylic acids is 3. The first kappa shape index (κ1) is 24.6. The molecular formula is C20H26N4O8. The van der Waals surface area contributed by atoms with Crippen molar-refractivity contribution in [3.8, 4) is 0 Å². The summed E-state index contributed by atoms with van der Waals surface area (Å²) in [5.74, 6) is -2.19. The molecule has 0 aliphatic rings. The lowest BCUT2D eigenvalue weighted by Gasteiger charge is -2.23. The summed E-state index contributed by atoms with van der Waals surface area (Å²) in [7, 11) is 1.43. The molecule has 12 nitrogen and oxygen atoms in total. The van der Waals surface area contributed by atoms with E-state index in [4.69, 9.17) is 9.15 Å². The summed E-state index contributed by atoms with van der Waals surface area (Å²) >= 11 is 0. The fraction of sp³-hybridized carbons (Fsp3) is 0.500. The molecule has 0 bridgehead atoms. The molecule has 1 aromatic carbocycles. The van der Waals surface area contributed by atoms with E-state index in [0.717, 1.165) is 11.0 Å². The van der Waals surface area contributed by atoms with Crippen LogP contribution in [0.25, 0.3) is 11.1 Å². The van der Waals surface area contributed by atoms with Crippen LogP contribution in [0.3, 0.4) is 0 Å². The van der Waals surface area contributed by atoms with Crippen LogP contribution in [0.15, 0.2) is 27.4 Å². The van der Waals surface area contributed by atoms with Crippen molar-refractivity contribution in [1.29, 1.82) is 0 Å². The molecule has 174 valence electrons. The summed E-state index contributed by atoms with van der Waals surface area (Å²) in [6, 6.07) is 3.82. The number of nitro groups is 1. The van der Waals surface area contributed by atoms with E-state index in [9.17, 15) is 29.3 Å². The van der Waals surface area contributed by atoms with Gasteiger partial charge in [-0.2, -0.15) is 0 Å². The molecule has 0 saturated carbocycles. The van der Waals surface area contributed by atoms with Crippen LogP contribution in [0.4, 0.5) is 5.69 Å². The van der Waals surface area contributed by atoms with Crippen molar-refractivity contribution < 1.29 is 28.5 Å². The molecule has 1 N–H and O–H groups in total. The normalized spacial score (nSPS) is 11.2. The Labute approximate surface area is 183 Å². The zero-order valence-corrected chi connectivity index (χ0v) is 18.4. The first-order valence-corrected chi connectivity index (χ1v) is 9.86. The van der Waals surface area contributed by atoms with E-state index in [0.29, 0.717) is 5.52 Å². The van der Waals surface area contributed by atoms with Gasteiger partial charge in [-0.3, -0.25) is 29.1 Å². The number of likely N-dealkylation sites (N-methyl/N-ethyl adjacent to an activating group) is 1. The Morgan fingerprint density at radius 1 is 1.28 bits per heavy atom. The average molecular weight is 450 g/mol. The van der Waals surface area contributed by atoms with Crippen LogP contribution in [-0.4, -0.2) is 57.9 Å². The second kappa shape index (κ2) is 10.1. The number of non-ortho nitro benzene ring substituents is 1. The summed E-state index contributed by atoms with van der Waals surface area (Å²) in [6.45, 7) is 4.91. The van der Waals surface area contributed by atoms with Crippen molar-refractivity contribution in [2.24, 2.45) is 0 Å². The van der Waals surface area contributed by atoms with Crippen molar-refractivity contribution in [2.45, 2.75) is 45.7 Å². The Bertz CT molecular complexity index is 1080. The molecule has 12 heteroatoms. The number of nitrogens with one attached hydrogen (secondary N) is 1. The molecule has 32 heavy (non-hydrogen) atoms. The average Bonchev–Trinajstić information content (AvgIpc) is 2.98. The number of benzene rings is 1. The summed E-state index contributed by atoms with van der Waals surface area (Å²) in [4.78, 5) is 59.2. The number of amides is 2. The van der Waals surface area contributed by atoms with Crippen LogP contribution in [0.5, 0.6) is 0 Å². The number of fused-ring (bicyclic) bond motifs is 1. The van der Waals surface area contributed by atoms with Crippen LogP contribution < -0.4 is 11.1 Å². The number of ether oxygens (including phenoxy) is 1. The topological polar surface area (TPSA) is 154 Å². The number of nitro benzene ring substituents is 1. The zero-order chi connectivity index (χ0) is 24.1. The molecule has 0 saturated heterocycles. The minimum atomic E-state index is -0.695. The van der Waals surface area contributed by atoms with Gasteiger partial charge in [0.15, 0.2) is 12.2 Å². The molecule has 0 unspecified atom stereocenters. The highest BCUT2D eigenvalue weighted by Crippen LogP contribution is 2.20. The minimum Gasteiger partial charge on any atom is -0.456 e. The number of aryl methyl sites for hydroxylation is 1. The highest BCUT2D eigenvalue weighted by molar-refractivity contribution is 5.86. The van der Waals surface area contributed by atoms with Crippen LogP contribution in [0.2, 0.25) is 0 Å². The third kappa shape index (κ3) is 6.93. The van der Waals surface area contributed by atoms with E-state index in [1.54, 1.807) is 0 Å². The van der Waals surface area contributed by atoms with Crippen molar-refractivity contribution in [3.05, 3.63) is 38.9 Å². The molecule has 2 amide bonds. The summed E-state index contributed by atoms with van der Waals surface area (Å²) in [5.41, 5.74) is -0.174. The Morgan fingerprint density at radius 3 is 2.59 bits per heavy atom. The van der Waals surface area contributed by atoms with E-state index in [2.05, 4.69) is 5.32 Å². The molecule has 1 aromatic heterocycles. The maximum atomic E-state index is 12.0. The summed E-state index contributed by atoms with van der Waals surface area (Å²) in [5, 5.41) is 13.6. The third-order valence-electron chi connectivity index (χ3n) is 4.30. The minimum absolute atomic E-state index is 0.0619. The molecular weight excluding hydrogens is 424 g/mol. The van der Waals surface area contributed by atoms with E-state index in [1.165, 1.54) is 23.7 Å². The van der Waals surface area contributed by atoms with Gasteiger partial charge in [0, 0.05) is 31.6 Å². The van der Waals surface area contributed by atoms with Gasteiger partial charge in [0.05, 0.1) is 23.1 Å². The quantitative estimate of drug-likeness (QED) is 0.340. The van der Waals surface area contributed by atoms with Crippen molar-refractivity contribution in [2.75, 3.05) is 20.2 Å². The lowest BCUT2D eigenvalue weighted by molar-refractivity contribution is -0.384. The van der Waals surface area contributed by atoms with Gasteiger partial charge < -0.3 is 19.4 Å². The molecule has 0 fully saturated rings. The predicted octanol–water partition coefficient (Wildman–Crippen LogP) is 1.20. The van der Waals surface area contributed by atoms with Gasteiger partial charge in [-0.1, -0.05) is 0 Å². The number of hydrogen-bond donors (Lipinski definition) is 1. The Morgan fingerprint density at radius 2 is 1.97 bits per heavy atom. The second-order valence-corrected chi connectivity index (χ2v) is 8.24. The van der Waals surface area contributed by atoms with E-state index in [-0.39, 0.29) is 43.1 Å². The largest absolute Gasteiger partial charge is 0.456 e. The summed E-state index contributed by atoms with van der Waals surface area (Å²) < 4.78 is 11.2. The molecule has 2 aromatic rings. The van der Waals surface area contributed by atoms with Crippen molar-refractivity contribution in [1.82, 2.24) is 14.8 Å². The highest BCUT2D eigenvalue weighted by atomic mass is 16.6. The molecule has 2 rings (SSSR count). The van der Waals surface area contributed by atoms with Crippen LogP contribution in [0, 0.1) is 10.1 Å². The number of aromatic nitrogens is 1. The number of rotatable bonds is 9. The lowest BCUT2D eigenvalue weighted by Crippen LogP contribution is -2.46. The van der Waals surface area contributed by atoms with Crippen molar-refractivity contribution >= 4 is 34.6 Å². The fourth-order valence-corrected chi connectivity index (χ4v) is 2.85. The standard InChI is InChI=1S/C20H26N4O8/c1-20(2,3)21-16(25)11-22(4)17(26)12-31-18(27)6-5-9-23-14-8-7-13(24(29)30)10-15(14)32-19(23)28/h7-8,10H,5-6,9,11-12H2,1-4H3,(H,21,25). The summed E-state index contributed by atoms with van der Waals surface area (Å²) in [6.07, 6.45) is 0.163. The smallest absolute Gasteiger partial charge is 0.419 e. The SMILES string of the molecule is CN(CC(=O)NC(C)(C)C)C(=O)COC(=O)CCCn1c(=O)oc2cc([N+](=O)[O-])ccc21. The predicted molar refractivity (Wildman–Crippen MR) is 113 cm³/mol. The number of esters is 1. The highest BCUT2D eigenvalue weighted by Gasteiger charge is 2.19.